The predicted molar refractivity (Wildman–Crippen MR) is 102 cm³/mol. The summed E-state index contributed by atoms with van der Waals surface area (Å²) in [6.45, 7) is 8.18. The van der Waals surface area contributed by atoms with E-state index >= 15 is 0 Å². The van der Waals surface area contributed by atoms with Crippen LogP contribution in [0.2, 0.25) is 0 Å². The van der Waals surface area contributed by atoms with Gasteiger partial charge in [0.1, 0.15) is 0 Å². The SMILES string of the molecule is C=C1NCCc2c(-c3ccc(CNC)cc3)[nH]c3cc(C)cc1c23. The predicted octanol–water partition coefficient (Wildman–Crippen LogP) is 3.98. The lowest BCUT2D eigenvalue weighted by molar-refractivity contribution is 0.818. The molecule has 0 saturated heterocycles. The van der Waals surface area contributed by atoms with E-state index in [0.29, 0.717) is 0 Å². The van der Waals surface area contributed by atoms with Crippen molar-refractivity contribution in [3.05, 3.63) is 65.2 Å². The van der Waals surface area contributed by atoms with Crippen molar-refractivity contribution in [2.45, 2.75) is 19.9 Å². The van der Waals surface area contributed by atoms with E-state index in [1.54, 1.807) is 0 Å². The molecule has 0 fully saturated rings. The molecular weight excluding hydrogens is 294 g/mol. The van der Waals surface area contributed by atoms with E-state index < -0.39 is 0 Å². The van der Waals surface area contributed by atoms with Crippen LogP contribution in [0.4, 0.5) is 0 Å². The molecule has 0 saturated carbocycles. The van der Waals surface area contributed by atoms with Gasteiger partial charge in [-0.2, -0.15) is 0 Å². The first-order valence-electron chi connectivity index (χ1n) is 8.49. The molecule has 4 rings (SSSR count). The Hall–Kier alpha value is -2.52. The Morgan fingerprint density at radius 3 is 2.71 bits per heavy atom. The zero-order valence-electron chi connectivity index (χ0n) is 14.3. The zero-order valence-corrected chi connectivity index (χ0v) is 14.3. The van der Waals surface area contributed by atoms with Crippen LogP contribution < -0.4 is 10.6 Å². The van der Waals surface area contributed by atoms with Gasteiger partial charge in [-0.15, -0.1) is 0 Å². The van der Waals surface area contributed by atoms with Gasteiger partial charge in [-0.25, -0.2) is 0 Å². The molecule has 0 spiro atoms. The third-order valence-corrected chi connectivity index (χ3v) is 4.81. The molecule has 0 radical (unpaired) electrons. The Morgan fingerprint density at radius 2 is 1.96 bits per heavy atom. The van der Waals surface area contributed by atoms with Crippen molar-refractivity contribution < 1.29 is 0 Å². The van der Waals surface area contributed by atoms with Crippen molar-refractivity contribution >= 4 is 16.6 Å². The molecule has 1 aliphatic rings. The number of H-pyrrole nitrogens is 1. The monoisotopic (exact) mass is 317 g/mol. The topological polar surface area (TPSA) is 39.8 Å². The second-order valence-electron chi connectivity index (χ2n) is 6.60. The highest BCUT2D eigenvalue weighted by molar-refractivity contribution is 5.99. The molecule has 2 aromatic carbocycles. The minimum atomic E-state index is 0.896. The highest BCUT2D eigenvalue weighted by atomic mass is 14.9. The number of hydrogen-bond donors (Lipinski definition) is 3. The largest absolute Gasteiger partial charge is 0.385 e. The first-order chi connectivity index (χ1) is 11.7. The summed E-state index contributed by atoms with van der Waals surface area (Å²) in [5.41, 5.74) is 9.90. The summed E-state index contributed by atoms with van der Waals surface area (Å²) < 4.78 is 0. The van der Waals surface area contributed by atoms with Gasteiger partial charge in [0.25, 0.3) is 0 Å². The summed E-state index contributed by atoms with van der Waals surface area (Å²) in [6, 6.07) is 13.3. The molecule has 1 aromatic heterocycles. The van der Waals surface area contributed by atoms with Gasteiger partial charge in [-0.1, -0.05) is 30.8 Å². The lowest BCUT2D eigenvalue weighted by Crippen LogP contribution is -2.12. The molecule has 3 nitrogen and oxygen atoms in total. The Kier molecular flexibility index (Phi) is 3.66. The van der Waals surface area contributed by atoms with Crippen LogP contribution in [0.3, 0.4) is 0 Å². The van der Waals surface area contributed by atoms with Crippen molar-refractivity contribution in [3.63, 3.8) is 0 Å². The number of rotatable bonds is 3. The highest BCUT2D eigenvalue weighted by Crippen LogP contribution is 2.36. The molecule has 0 unspecified atom stereocenters. The van der Waals surface area contributed by atoms with Crippen LogP contribution in [0.5, 0.6) is 0 Å². The fraction of sp³-hybridized carbons (Fsp3) is 0.238. The van der Waals surface area contributed by atoms with E-state index in [2.05, 4.69) is 65.5 Å². The maximum absolute atomic E-state index is 4.22. The van der Waals surface area contributed by atoms with Gasteiger partial charge >= 0.3 is 0 Å². The zero-order chi connectivity index (χ0) is 16.7. The molecule has 0 aliphatic carbocycles. The average Bonchev–Trinajstić information content (AvgIpc) is 2.84. The summed E-state index contributed by atoms with van der Waals surface area (Å²) in [5, 5.41) is 7.97. The van der Waals surface area contributed by atoms with Crippen LogP contribution >= 0.6 is 0 Å². The molecule has 3 aromatic rings. The first-order valence-corrected chi connectivity index (χ1v) is 8.49. The summed E-state index contributed by atoms with van der Waals surface area (Å²) in [7, 11) is 1.98. The van der Waals surface area contributed by atoms with Gasteiger partial charge < -0.3 is 15.6 Å². The molecule has 3 heteroatoms. The van der Waals surface area contributed by atoms with E-state index in [1.807, 2.05) is 7.05 Å². The number of benzene rings is 2. The Balaban J connectivity index is 1.91. The number of aromatic nitrogens is 1. The fourth-order valence-electron chi connectivity index (χ4n) is 3.71. The summed E-state index contributed by atoms with van der Waals surface area (Å²) >= 11 is 0. The molecule has 1 aliphatic heterocycles. The lowest BCUT2D eigenvalue weighted by Gasteiger charge is -2.08. The Bertz CT molecular complexity index is 916. The summed E-state index contributed by atoms with van der Waals surface area (Å²) in [6.07, 6.45) is 1.00. The second-order valence-corrected chi connectivity index (χ2v) is 6.60. The van der Waals surface area contributed by atoms with E-state index in [9.17, 15) is 0 Å². The summed E-state index contributed by atoms with van der Waals surface area (Å²) in [4.78, 5) is 3.67. The number of aromatic amines is 1. The van der Waals surface area contributed by atoms with Gasteiger partial charge in [-0.05, 0) is 54.8 Å². The summed E-state index contributed by atoms with van der Waals surface area (Å²) in [5.74, 6) is 0. The van der Waals surface area contributed by atoms with Crippen LogP contribution in [0.15, 0.2) is 43.0 Å². The van der Waals surface area contributed by atoms with E-state index in [1.165, 1.54) is 44.4 Å². The molecule has 24 heavy (non-hydrogen) atoms. The fourth-order valence-corrected chi connectivity index (χ4v) is 3.71. The number of hydrogen-bond acceptors (Lipinski definition) is 2. The van der Waals surface area contributed by atoms with Crippen LogP contribution in [0.1, 0.15) is 22.3 Å². The normalized spacial score (nSPS) is 13.8. The molecule has 3 N–H and O–H groups in total. The van der Waals surface area contributed by atoms with E-state index in [0.717, 1.165) is 25.2 Å². The maximum Gasteiger partial charge on any atom is 0.0498 e. The standard InChI is InChI=1S/C21H23N3/c1-13-10-18-14(2)23-9-8-17-20(18)19(11-13)24-21(17)16-6-4-15(5-7-16)12-22-3/h4-7,10-11,22-24H,2,8-9,12H2,1,3H3. The van der Waals surface area contributed by atoms with Crippen LogP contribution in [-0.2, 0) is 13.0 Å². The van der Waals surface area contributed by atoms with Crippen molar-refractivity contribution in [1.82, 2.24) is 15.6 Å². The van der Waals surface area contributed by atoms with Crippen molar-refractivity contribution in [2.24, 2.45) is 0 Å². The maximum atomic E-state index is 4.22. The van der Waals surface area contributed by atoms with Gasteiger partial charge in [0, 0.05) is 40.9 Å². The van der Waals surface area contributed by atoms with E-state index in [4.69, 9.17) is 0 Å². The molecule has 0 bridgehead atoms. The molecular formula is C21H23N3. The van der Waals surface area contributed by atoms with Crippen molar-refractivity contribution in [2.75, 3.05) is 13.6 Å². The molecule has 0 amide bonds. The molecule has 2 heterocycles. The van der Waals surface area contributed by atoms with Gasteiger partial charge in [0.05, 0.1) is 0 Å². The van der Waals surface area contributed by atoms with Gasteiger partial charge in [-0.3, -0.25) is 0 Å². The average molecular weight is 317 g/mol. The van der Waals surface area contributed by atoms with E-state index in [-0.39, 0.29) is 0 Å². The lowest BCUT2D eigenvalue weighted by atomic mass is 9.98. The first kappa shape index (κ1) is 15.0. The Labute approximate surface area is 142 Å². The van der Waals surface area contributed by atoms with Gasteiger partial charge in [0.2, 0.25) is 0 Å². The molecule has 122 valence electrons. The van der Waals surface area contributed by atoms with Crippen molar-refractivity contribution in [1.29, 1.82) is 0 Å². The third kappa shape index (κ3) is 2.42. The van der Waals surface area contributed by atoms with Crippen LogP contribution in [0, 0.1) is 6.92 Å². The van der Waals surface area contributed by atoms with Crippen molar-refractivity contribution in [3.8, 4) is 11.3 Å². The molecule has 0 atom stereocenters. The Morgan fingerprint density at radius 1 is 1.17 bits per heavy atom. The highest BCUT2D eigenvalue weighted by Gasteiger charge is 2.20. The smallest absolute Gasteiger partial charge is 0.0498 e. The third-order valence-electron chi connectivity index (χ3n) is 4.81. The number of aryl methyl sites for hydroxylation is 1. The van der Waals surface area contributed by atoms with Crippen LogP contribution in [0.25, 0.3) is 27.9 Å². The van der Waals surface area contributed by atoms with Crippen LogP contribution in [-0.4, -0.2) is 18.6 Å². The number of nitrogens with one attached hydrogen (secondary N) is 3. The second kappa shape index (κ2) is 5.84. The van der Waals surface area contributed by atoms with Gasteiger partial charge in [0.15, 0.2) is 0 Å². The quantitative estimate of drug-likeness (QED) is 0.684. The minimum Gasteiger partial charge on any atom is -0.385 e. The minimum absolute atomic E-state index is 0.896.